The summed E-state index contributed by atoms with van der Waals surface area (Å²) < 4.78 is 37.7. The monoisotopic (exact) mass is 817 g/mol. The highest BCUT2D eigenvalue weighted by Crippen LogP contribution is 2.38. The third-order valence-corrected chi connectivity index (χ3v) is 14.6. The van der Waals surface area contributed by atoms with Crippen molar-refractivity contribution in [1.29, 1.82) is 0 Å². The van der Waals surface area contributed by atoms with E-state index in [0.717, 1.165) is 117 Å². The molecule has 0 saturated carbocycles. The van der Waals surface area contributed by atoms with E-state index in [0.29, 0.717) is 61.6 Å². The van der Waals surface area contributed by atoms with E-state index in [1.165, 1.54) is 11.3 Å². The smallest absolute Gasteiger partial charge is 0.358 e. The topological polar surface area (TPSA) is 183 Å². The first-order chi connectivity index (χ1) is 26.8. The minimum absolute atomic E-state index is 0.195. The summed E-state index contributed by atoms with van der Waals surface area (Å²) in [6, 6.07) is 0.751. The van der Waals surface area contributed by atoms with Gasteiger partial charge in [-0.05, 0) is 39.5 Å². The zero-order valence-corrected chi connectivity index (χ0v) is 33.9. The van der Waals surface area contributed by atoms with Crippen molar-refractivity contribution in [3.63, 3.8) is 0 Å². The van der Waals surface area contributed by atoms with Gasteiger partial charge >= 0.3 is 5.97 Å². The largest absolute Gasteiger partial charge is 0.454 e. The van der Waals surface area contributed by atoms with E-state index in [9.17, 15) is 19.0 Å². The highest BCUT2D eigenvalue weighted by molar-refractivity contribution is 7.92. The number of ether oxygens (including phenoxy) is 3. The normalized spacial score (nSPS) is 23.0. The second-order valence-electron chi connectivity index (χ2n) is 14.5. The lowest BCUT2D eigenvalue weighted by molar-refractivity contribution is 0.0225. The van der Waals surface area contributed by atoms with Crippen LogP contribution >= 0.6 is 11.3 Å². The Morgan fingerprint density at radius 2 is 1.31 bits per heavy atom. The number of esters is 1. The van der Waals surface area contributed by atoms with Crippen molar-refractivity contribution in [3.05, 3.63) is 28.0 Å². The molecule has 2 unspecified atom stereocenters. The maximum absolute atomic E-state index is 12.1. The molecule has 16 nitrogen and oxygen atoms in total. The maximum atomic E-state index is 12.1. The van der Waals surface area contributed by atoms with E-state index >= 15 is 0 Å². The Kier molecular flexibility index (Phi) is 12.1. The Hall–Kier alpha value is -3.04. The fourth-order valence-corrected chi connectivity index (χ4v) is 11.3. The van der Waals surface area contributed by atoms with Crippen LogP contribution in [0.5, 0.6) is 0 Å². The van der Waals surface area contributed by atoms with Gasteiger partial charge in [-0.1, -0.05) is 0 Å². The molecule has 3 aromatic heterocycles. The number of nitrogens with zero attached hydrogens (tertiary/aromatic N) is 9. The molecule has 0 aromatic carbocycles. The lowest BCUT2D eigenvalue weighted by atomic mass is 10.1. The number of rotatable bonds is 10. The summed E-state index contributed by atoms with van der Waals surface area (Å²) in [6.07, 6.45) is 4.99. The number of β-amino-alcohol motifs (C(OH)–C–C–N with tert-alkyl or cyclic N) is 1. The summed E-state index contributed by atoms with van der Waals surface area (Å²) in [6.45, 7) is 11.3. The van der Waals surface area contributed by atoms with Crippen LogP contribution < -0.4 is 19.6 Å². The Balaban J connectivity index is 0.000000160. The van der Waals surface area contributed by atoms with Gasteiger partial charge in [0.25, 0.3) is 9.79 Å². The molecule has 0 amide bonds. The van der Waals surface area contributed by atoms with Crippen LogP contribution in [-0.2, 0) is 49.4 Å². The molecule has 0 spiro atoms. The van der Waals surface area contributed by atoms with Gasteiger partial charge < -0.3 is 38.9 Å². The lowest BCUT2D eigenvalue weighted by Gasteiger charge is -2.39. The number of hydrogen-bond acceptors (Lipinski definition) is 17. The van der Waals surface area contributed by atoms with Crippen LogP contribution in [0, 0.1) is 0 Å². The standard InChI is InChI=1S/C20H26N5O4S2.C16H25N4O3S/c1-2-25(13-3-6-28-7-4-13)18-17-15(5-8-31(17)27)22-20(23-18)24-9-14(10-24)29-19(26)16-11-30-12-21-16;1-2-20(11-3-6-23-7-4-11)15-14-13(5-8-24(14)22)17-16(18-15)19-9-12(21)10-19/h11-14,27H,2-10H2,1H3;11-12,21-22H,2-10H2,1H3/q2*+1. The molecule has 4 fully saturated rings. The van der Waals surface area contributed by atoms with Crippen molar-refractivity contribution in [2.75, 3.05) is 96.8 Å². The lowest BCUT2D eigenvalue weighted by Crippen LogP contribution is -2.54. The predicted octanol–water partition coefficient (Wildman–Crippen LogP) is 2.66. The van der Waals surface area contributed by atoms with Gasteiger partial charge in [-0.2, -0.15) is 19.1 Å². The van der Waals surface area contributed by atoms with Gasteiger partial charge in [-0.25, -0.2) is 19.7 Å². The third kappa shape index (κ3) is 8.21. The number of hydrogen-bond donors (Lipinski definition) is 3. The van der Waals surface area contributed by atoms with E-state index in [1.807, 2.05) is 9.80 Å². The van der Waals surface area contributed by atoms with Gasteiger partial charge in [-0.3, -0.25) is 0 Å². The van der Waals surface area contributed by atoms with Gasteiger partial charge in [-0.15, -0.1) is 11.3 Å². The van der Waals surface area contributed by atoms with Gasteiger partial charge in [0.15, 0.2) is 51.2 Å². The highest BCUT2D eigenvalue weighted by atomic mass is 32.2. The van der Waals surface area contributed by atoms with Crippen LogP contribution in [-0.4, -0.2) is 147 Å². The first-order valence-corrected chi connectivity index (χ1v) is 23.0. The molecule has 0 radical (unpaired) electrons. The van der Waals surface area contributed by atoms with Crippen molar-refractivity contribution < 1.29 is 33.2 Å². The molecule has 3 aromatic rings. The average Bonchev–Trinajstić information content (AvgIpc) is 3.94. The molecule has 55 heavy (non-hydrogen) atoms. The van der Waals surface area contributed by atoms with Crippen LogP contribution in [0.1, 0.15) is 61.4 Å². The van der Waals surface area contributed by atoms with E-state index in [2.05, 4.69) is 33.6 Å². The van der Waals surface area contributed by atoms with Gasteiger partial charge in [0, 0.05) is 82.9 Å². The van der Waals surface area contributed by atoms with E-state index in [4.69, 9.17) is 29.2 Å². The molecule has 6 aliphatic rings. The molecule has 2 atom stereocenters. The highest BCUT2D eigenvalue weighted by Gasteiger charge is 2.44. The fraction of sp³-hybridized carbons (Fsp3) is 0.667. The zero-order valence-electron chi connectivity index (χ0n) is 31.4. The molecule has 9 heterocycles. The first-order valence-electron chi connectivity index (χ1n) is 19.4. The molecular weight excluding hydrogens is 767 g/mol. The summed E-state index contributed by atoms with van der Waals surface area (Å²) in [4.78, 5) is 45.9. The quantitative estimate of drug-likeness (QED) is 0.200. The Morgan fingerprint density at radius 3 is 1.75 bits per heavy atom. The van der Waals surface area contributed by atoms with Crippen molar-refractivity contribution in [2.24, 2.45) is 0 Å². The minimum Gasteiger partial charge on any atom is -0.454 e. The van der Waals surface area contributed by atoms with Crippen LogP contribution in [0.25, 0.3) is 0 Å². The minimum atomic E-state index is -0.815. The Bertz CT molecular complexity index is 1790. The first kappa shape index (κ1) is 38.8. The number of aliphatic hydroxyl groups is 1. The summed E-state index contributed by atoms with van der Waals surface area (Å²) in [5.41, 5.74) is 3.90. The number of thiazole rings is 1. The van der Waals surface area contributed by atoms with Crippen molar-refractivity contribution >= 4 is 63.2 Å². The Morgan fingerprint density at radius 1 is 0.818 bits per heavy atom. The number of fused-ring (bicyclic) bond motifs is 2. The van der Waals surface area contributed by atoms with Gasteiger partial charge in [0.05, 0.1) is 24.7 Å². The van der Waals surface area contributed by atoms with Crippen LogP contribution in [0.4, 0.5) is 23.5 Å². The second kappa shape index (κ2) is 17.2. The fourth-order valence-electron chi connectivity index (χ4n) is 8.00. The van der Waals surface area contributed by atoms with E-state index in [-0.39, 0.29) is 18.2 Å². The van der Waals surface area contributed by atoms with Crippen molar-refractivity contribution in [2.45, 2.75) is 86.5 Å². The Labute approximate surface area is 331 Å². The molecule has 0 aliphatic carbocycles. The zero-order chi connectivity index (χ0) is 38.1. The predicted molar refractivity (Wildman–Crippen MR) is 213 cm³/mol. The second-order valence-corrected chi connectivity index (χ2v) is 18.3. The molecule has 19 heteroatoms. The van der Waals surface area contributed by atoms with Crippen LogP contribution in [0.15, 0.2) is 20.7 Å². The maximum Gasteiger partial charge on any atom is 0.358 e. The molecule has 6 aliphatic heterocycles. The molecule has 3 N–H and O–H groups in total. The molecule has 0 bridgehead atoms. The SMILES string of the molecule is CCN(c1nc(N2CC(O)C2)nc2c1[S+](O)CC2)C1CCOCC1.CCN(c1nc(N2CC(OC(=O)c3cscn3)C2)nc2c1[S+](O)CC2)C1CCOCC1. The number of anilines is 4. The summed E-state index contributed by atoms with van der Waals surface area (Å²) in [5, 5.41) is 11.3. The van der Waals surface area contributed by atoms with Crippen molar-refractivity contribution in [3.8, 4) is 0 Å². The van der Waals surface area contributed by atoms with Crippen LogP contribution in [0.3, 0.4) is 0 Å². The molecule has 4 saturated heterocycles. The summed E-state index contributed by atoms with van der Waals surface area (Å²) in [5.74, 6) is 4.17. The van der Waals surface area contributed by atoms with Crippen molar-refractivity contribution in [1.82, 2.24) is 24.9 Å². The summed E-state index contributed by atoms with van der Waals surface area (Å²) >= 11 is -0.206. The van der Waals surface area contributed by atoms with Gasteiger partial charge in [0.1, 0.15) is 17.5 Å². The van der Waals surface area contributed by atoms with E-state index < -0.39 is 22.4 Å². The average molecular weight is 818 g/mol. The van der Waals surface area contributed by atoms with Crippen LogP contribution in [0.2, 0.25) is 0 Å². The van der Waals surface area contributed by atoms with E-state index in [1.54, 1.807) is 10.9 Å². The number of aryl methyl sites for hydroxylation is 2. The number of aliphatic hydroxyl groups excluding tert-OH is 1. The number of carbonyl (C=O) groups is 1. The third-order valence-electron chi connectivity index (χ3n) is 11.0. The van der Waals surface area contributed by atoms with Gasteiger partial charge in [0.2, 0.25) is 11.9 Å². The number of aromatic nitrogens is 5. The number of carbonyl (C=O) groups excluding carboxylic acids is 1. The summed E-state index contributed by atoms with van der Waals surface area (Å²) in [7, 11) is 0. The molecule has 9 rings (SSSR count). The molecular formula is C36H51N9O7S3+2. The molecule has 298 valence electrons.